The molecule has 6 nitrogen and oxygen atoms in total. The van der Waals surface area contributed by atoms with Gasteiger partial charge in [0.15, 0.2) is 0 Å². The fourth-order valence-corrected chi connectivity index (χ4v) is 3.49. The topological polar surface area (TPSA) is 77.7 Å². The highest BCUT2D eigenvalue weighted by atomic mass is 16.2. The summed E-state index contributed by atoms with van der Waals surface area (Å²) < 4.78 is 0. The van der Waals surface area contributed by atoms with Crippen LogP contribution >= 0.6 is 0 Å². The van der Waals surface area contributed by atoms with E-state index in [1.807, 2.05) is 29.4 Å². The van der Waals surface area contributed by atoms with E-state index in [0.29, 0.717) is 17.8 Å². The molecular formula is C17H19N5O. The number of amides is 1. The molecule has 6 heteroatoms. The number of fused-ring (bicyclic) bond motifs is 1. The van der Waals surface area contributed by atoms with Gasteiger partial charge in [0.25, 0.3) is 5.91 Å². The van der Waals surface area contributed by atoms with Crippen molar-refractivity contribution in [2.75, 3.05) is 0 Å². The maximum atomic E-state index is 12.8. The van der Waals surface area contributed by atoms with Crippen molar-refractivity contribution in [3.8, 4) is 11.3 Å². The Bertz CT molecular complexity index is 855. The Balaban J connectivity index is 1.69. The standard InChI is InChI=1S/C17H19N5O/c1-10-3-4-11(2)22(10)17(23)14-7-12(8-19-14)15-13-5-6-18-16(13)21-9-20-15/h5-11,19H,3-4H2,1-2H3,(H,18,20,21). The average molecular weight is 309 g/mol. The minimum absolute atomic E-state index is 0.0631. The van der Waals surface area contributed by atoms with Crippen LogP contribution < -0.4 is 0 Å². The second kappa shape index (κ2) is 5.22. The third-order valence-electron chi connectivity index (χ3n) is 4.73. The molecule has 1 saturated heterocycles. The second-order valence-electron chi connectivity index (χ2n) is 6.25. The lowest BCUT2D eigenvalue weighted by atomic mass is 10.1. The number of aromatic amines is 2. The third kappa shape index (κ3) is 2.21. The first-order valence-corrected chi connectivity index (χ1v) is 7.94. The fourth-order valence-electron chi connectivity index (χ4n) is 3.49. The van der Waals surface area contributed by atoms with Gasteiger partial charge in [-0.3, -0.25) is 4.79 Å². The largest absolute Gasteiger partial charge is 0.357 e. The van der Waals surface area contributed by atoms with Crippen LogP contribution in [0, 0.1) is 0 Å². The Hall–Kier alpha value is -2.63. The molecule has 0 aromatic carbocycles. The van der Waals surface area contributed by atoms with Gasteiger partial charge in [-0.1, -0.05) is 0 Å². The molecule has 2 N–H and O–H groups in total. The van der Waals surface area contributed by atoms with Crippen molar-refractivity contribution in [2.45, 2.75) is 38.8 Å². The quantitative estimate of drug-likeness (QED) is 0.764. The number of carbonyl (C=O) groups is 1. The Morgan fingerprint density at radius 3 is 2.78 bits per heavy atom. The summed E-state index contributed by atoms with van der Waals surface area (Å²) in [5.41, 5.74) is 3.14. The summed E-state index contributed by atoms with van der Waals surface area (Å²) in [4.78, 5) is 29.5. The van der Waals surface area contributed by atoms with E-state index >= 15 is 0 Å². The van der Waals surface area contributed by atoms with Gasteiger partial charge in [0.05, 0.1) is 5.69 Å². The minimum atomic E-state index is 0.0631. The van der Waals surface area contributed by atoms with Crippen LogP contribution in [-0.2, 0) is 0 Å². The van der Waals surface area contributed by atoms with Crippen molar-refractivity contribution in [1.82, 2.24) is 24.8 Å². The summed E-state index contributed by atoms with van der Waals surface area (Å²) in [6.07, 6.45) is 7.35. The molecule has 0 aliphatic carbocycles. The predicted octanol–water partition coefficient (Wildman–Crippen LogP) is 2.97. The lowest BCUT2D eigenvalue weighted by Crippen LogP contribution is -2.38. The summed E-state index contributed by atoms with van der Waals surface area (Å²) >= 11 is 0. The number of H-pyrrole nitrogens is 2. The molecule has 2 atom stereocenters. The minimum Gasteiger partial charge on any atom is -0.357 e. The first kappa shape index (κ1) is 14.0. The van der Waals surface area contributed by atoms with Gasteiger partial charge >= 0.3 is 0 Å². The number of nitrogens with one attached hydrogen (secondary N) is 2. The Labute approximate surface area is 133 Å². The Kier molecular flexibility index (Phi) is 3.18. The molecular weight excluding hydrogens is 290 g/mol. The summed E-state index contributed by atoms with van der Waals surface area (Å²) in [6, 6.07) is 4.41. The van der Waals surface area contributed by atoms with Crippen LogP contribution in [0.1, 0.15) is 37.2 Å². The summed E-state index contributed by atoms with van der Waals surface area (Å²) in [5, 5.41) is 0.952. The van der Waals surface area contributed by atoms with Gasteiger partial charge in [-0.05, 0) is 38.8 Å². The average Bonchev–Trinajstić information content (AvgIpc) is 3.26. The van der Waals surface area contributed by atoms with Gasteiger partial charge in [-0.25, -0.2) is 9.97 Å². The van der Waals surface area contributed by atoms with Gasteiger partial charge < -0.3 is 14.9 Å². The SMILES string of the molecule is CC1CCC(C)N1C(=O)c1cc(-c2ncnc3[nH]ccc23)c[nH]1. The first-order chi connectivity index (χ1) is 11.1. The van der Waals surface area contributed by atoms with Gasteiger partial charge in [0.1, 0.15) is 17.7 Å². The maximum Gasteiger partial charge on any atom is 0.270 e. The van der Waals surface area contributed by atoms with Crippen molar-refractivity contribution in [3.05, 3.63) is 36.5 Å². The van der Waals surface area contributed by atoms with Crippen molar-refractivity contribution >= 4 is 16.9 Å². The Morgan fingerprint density at radius 1 is 1.22 bits per heavy atom. The zero-order chi connectivity index (χ0) is 16.0. The van der Waals surface area contributed by atoms with Gasteiger partial charge in [0.2, 0.25) is 0 Å². The highest BCUT2D eigenvalue weighted by Crippen LogP contribution is 2.28. The van der Waals surface area contributed by atoms with E-state index < -0.39 is 0 Å². The zero-order valence-electron chi connectivity index (χ0n) is 13.2. The molecule has 0 radical (unpaired) electrons. The van der Waals surface area contributed by atoms with Crippen LogP contribution in [-0.4, -0.2) is 42.8 Å². The molecule has 4 heterocycles. The summed E-state index contributed by atoms with van der Waals surface area (Å²) in [5.74, 6) is 0.0631. The van der Waals surface area contributed by atoms with E-state index in [0.717, 1.165) is 35.1 Å². The van der Waals surface area contributed by atoms with Gasteiger partial charge in [-0.15, -0.1) is 0 Å². The zero-order valence-corrected chi connectivity index (χ0v) is 13.2. The molecule has 0 spiro atoms. The molecule has 23 heavy (non-hydrogen) atoms. The van der Waals surface area contributed by atoms with E-state index in [-0.39, 0.29) is 5.91 Å². The molecule has 1 aliphatic heterocycles. The number of hydrogen-bond donors (Lipinski definition) is 2. The summed E-state index contributed by atoms with van der Waals surface area (Å²) in [7, 11) is 0. The fraction of sp³-hybridized carbons (Fsp3) is 0.353. The molecule has 3 aromatic heterocycles. The third-order valence-corrected chi connectivity index (χ3v) is 4.73. The lowest BCUT2D eigenvalue weighted by Gasteiger charge is -2.25. The van der Waals surface area contributed by atoms with Crippen LogP contribution in [0.5, 0.6) is 0 Å². The normalized spacial score (nSPS) is 21.2. The van der Waals surface area contributed by atoms with Crippen LogP contribution in [0.3, 0.4) is 0 Å². The van der Waals surface area contributed by atoms with Gasteiger partial charge in [-0.2, -0.15) is 0 Å². The van der Waals surface area contributed by atoms with Crippen molar-refractivity contribution in [2.24, 2.45) is 0 Å². The van der Waals surface area contributed by atoms with Crippen molar-refractivity contribution in [1.29, 1.82) is 0 Å². The molecule has 3 aromatic rings. The highest BCUT2D eigenvalue weighted by molar-refractivity contribution is 5.96. The number of hydrogen-bond acceptors (Lipinski definition) is 3. The monoisotopic (exact) mass is 309 g/mol. The molecule has 1 amide bonds. The molecule has 4 rings (SSSR count). The van der Waals surface area contributed by atoms with E-state index in [9.17, 15) is 4.79 Å². The predicted molar refractivity (Wildman–Crippen MR) is 88.0 cm³/mol. The number of rotatable bonds is 2. The van der Waals surface area contributed by atoms with Gasteiger partial charge in [0, 0.05) is 35.4 Å². The van der Waals surface area contributed by atoms with E-state index in [2.05, 4.69) is 33.8 Å². The maximum absolute atomic E-state index is 12.8. The van der Waals surface area contributed by atoms with Crippen LogP contribution in [0.15, 0.2) is 30.9 Å². The summed E-state index contributed by atoms with van der Waals surface area (Å²) in [6.45, 7) is 4.22. The van der Waals surface area contributed by atoms with E-state index in [1.165, 1.54) is 6.33 Å². The smallest absolute Gasteiger partial charge is 0.270 e. The first-order valence-electron chi connectivity index (χ1n) is 7.94. The molecule has 1 aliphatic rings. The van der Waals surface area contributed by atoms with Crippen molar-refractivity contribution < 1.29 is 4.79 Å². The van der Waals surface area contributed by atoms with Crippen LogP contribution in [0.4, 0.5) is 0 Å². The highest BCUT2D eigenvalue weighted by Gasteiger charge is 2.32. The lowest BCUT2D eigenvalue weighted by molar-refractivity contribution is 0.0687. The Morgan fingerprint density at radius 2 is 2.00 bits per heavy atom. The molecule has 0 saturated carbocycles. The number of likely N-dealkylation sites (tertiary alicyclic amines) is 1. The number of nitrogens with zero attached hydrogens (tertiary/aromatic N) is 3. The van der Waals surface area contributed by atoms with E-state index in [4.69, 9.17) is 0 Å². The number of aromatic nitrogens is 4. The molecule has 2 unspecified atom stereocenters. The van der Waals surface area contributed by atoms with Crippen molar-refractivity contribution in [3.63, 3.8) is 0 Å². The van der Waals surface area contributed by atoms with E-state index in [1.54, 1.807) is 0 Å². The molecule has 1 fully saturated rings. The molecule has 0 bridgehead atoms. The van der Waals surface area contributed by atoms with Crippen LogP contribution in [0.2, 0.25) is 0 Å². The second-order valence-corrected chi connectivity index (χ2v) is 6.25. The van der Waals surface area contributed by atoms with Crippen LogP contribution in [0.25, 0.3) is 22.3 Å². The molecule has 118 valence electrons. The number of carbonyl (C=O) groups excluding carboxylic acids is 1.